The van der Waals surface area contributed by atoms with Crippen molar-refractivity contribution in [3.8, 4) is 5.75 Å². The molecule has 0 aromatic heterocycles. The molecule has 26 heavy (non-hydrogen) atoms. The summed E-state index contributed by atoms with van der Waals surface area (Å²) in [4.78, 5) is 23.7. The molecule has 2 N–H and O–H groups in total. The average molecular weight is 351 g/mol. The Balaban J connectivity index is 1.86. The topological polar surface area (TPSA) is 79.8 Å². The van der Waals surface area contributed by atoms with E-state index < -0.39 is 11.8 Å². The number of nitrogens with zero attached hydrogens (tertiary/aromatic N) is 1. The van der Waals surface area contributed by atoms with Crippen molar-refractivity contribution in [2.75, 3.05) is 11.9 Å². The molecule has 0 unspecified atom stereocenters. The molecule has 2 aromatic carbocycles. The molecule has 0 atom stereocenters. The number of allylic oxidation sites excluding steroid dienone is 1. The Morgan fingerprint density at radius 2 is 1.73 bits per heavy atom. The van der Waals surface area contributed by atoms with Crippen molar-refractivity contribution in [3.63, 3.8) is 0 Å². The van der Waals surface area contributed by atoms with Gasteiger partial charge in [0, 0.05) is 5.69 Å². The molecule has 0 aliphatic rings. The Hall–Kier alpha value is -3.41. The highest BCUT2D eigenvalue weighted by atomic mass is 16.5. The number of carbonyl (C=O) groups is 2. The second kappa shape index (κ2) is 9.78. The molecule has 0 saturated carbocycles. The standard InChI is InChI=1S/C20H21N3O3/c1-3-26-18-13-11-17(12-14-18)21-19(24)20(25)23-22-15(2)9-10-16-7-5-4-6-8-16/h4-14H,3H2,1-2H3,(H,21,24)(H,23,25). The quantitative estimate of drug-likeness (QED) is 0.476. The van der Waals surface area contributed by atoms with E-state index in [-0.39, 0.29) is 0 Å². The molecule has 2 aromatic rings. The maximum atomic E-state index is 11.9. The van der Waals surface area contributed by atoms with E-state index in [2.05, 4.69) is 15.8 Å². The number of carbonyl (C=O) groups excluding carboxylic acids is 2. The summed E-state index contributed by atoms with van der Waals surface area (Å²) in [6.45, 7) is 4.17. The summed E-state index contributed by atoms with van der Waals surface area (Å²) in [7, 11) is 0. The van der Waals surface area contributed by atoms with Gasteiger partial charge < -0.3 is 10.1 Å². The first-order chi connectivity index (χ1) is 12.6. The van der Waals surface area contributed by atoms with Gasteiger partial charge >= 0.3 is 11.8 Å². The third-order valence-electron chi connectivity index (χ3n) is 3.28. The average Bonchev–Trinajstić information content (AvgIpc) is 2.67. The summed E-state index contributed by atoms with van der Waals surface area (Å²) < 4.78 is 5.32. The molecule has 0 radical (unpaired) electrons. The lowest BCUT2D eigenvalue weighted by Crippen LogP contribution is -2.32. The Morgan fingerprint density at radius 1 is 1.04 bits per heavy atom. The highest BCUT2D eigenvalue weighted by Gasteiger charge is 2.12. The van der Waals surface area contributed by atoms with E-state index in [1.165, 1.54) is 0 Å². The summed E-state index contributed by atoms with van der Waals surface area (Å²) in [6, 6.07) is 16.4. The van der Waals surface area contributed by atoms with Gasteiger partial charge in [0.05, 0.1) is 12.3 Å². The zero-order valence-electron chi connectivity index (χ0n) is 14.7. The van der Waals surface area contributed by atoms with Crippen molar-refractivity contribution in [3.05, 3.63) is 66.2 Å². The zero-order chi connectivity index (χ0) is 18.8. The van der Waals surface area contributed by atoms with Gasteiger partial charge in [0.15, 0.2) is 0 Å². The number of nitrogens with one attached hydrogen (secondary N) is 2. The van der Waals surface area contributed by atoms with E-state index in [4.69, 9.17) is 4.74 Å². The van der Waals surface area contributed by atoms with Gasteiger partial charge in [-0.2, -0.15) is 5.10 Å². The maximum absolute atomic E-state index is 11.9. The Bertz CT molecular complexity index is 797. The minimum atomic E-state index is -0.841. The molecule has 2 amide bonds. The van der Waals surface area contributed by atoms with Crippen LogP contribution in [0, 0.1) is 0 Å². The van der Waals surface area contributed by atoms with E-state index in [1.807, 2.05) is 43.3 Å². The smallest absolute Gasteiger partial charge is 0.329 e. The van der Waals surface area contributed by atoms with E-state index in [0.29, 0.717) is 23.8 Å². The van der Waals surface area contributed by atoms with Gasteiger partial charge in [-0.05, 0) is 49.8 Å². The Labute approximate surface area is 152 Å². The highest BCUT2D eigenvalue weighted by molar-refractivity contribution is 6.39. The molecule has 6 heteroatoms. The fraction of sp³-hybridized carbons (Fsp3) is 0.150. The first kappa shape index (κ1) is 18.9. The van der Waals surface area contributed by atoms with Crippen molar-refractivity contribution >= 4 is 29.3 Å². The lowest BCUT2D eigenvalue weighted by Gasteiger charge is -2.06. The number of anilines is 1. The minimum Gasteiger partial charge on any atom is -0.494 e. The van der Waals surface area contributed by atoms with Crippen molar-refractivity contribution in [1.29, 1.82) is 0 Å². The highest BCUT2D eigenvalue weighted by Crippen LogP contribution is 2.15. The van der Waals surface area contributed by atoms with Crippen LogP contribution in [0.4, 0.5) is 5.69 Å². The fourth-order valence-electron chi connectivity index (χ4n) is 2.00. The second-order valence-electron chi connectivity index (χ2n) is 5.35. The van der Waals surface area contributed by atoms with E-state index in [9.17, 15) is 9.59 Å². The van der Waals surface area contributed by atoms with Crippen LogP contribution in [-0.2, 0) is 9.59 Å². The maximum Gasteiger partial charge on any atom is 0.329 e. The van der Waals surface area contributed by atoms with Crippen molar-refractivity contribution < 1.29 is 14.3 Å². The largest absolute Gasteiger partial charge is 0.494 e. The van der Waals surface area contributed by atoms with Gasteiger partial charge in [-0.15, -0.1) is 0 Å². The number of rotatable bonds is 6. The van der Waals surface area contributed by atoms with Gasteiger partial charge in [0.2, 0.25) is 0 Å². The van der Waals surface area contributed by atoms with Crippen LogP contribution in [0.15, 0.2) is 65.8 Å². The molecule has 0 spiro atoms. The van der Waals surface area contributed by atoms with Gasteiger partial charge in [-0.3, -0.25) is 9.59 Å². The third kappa shape index (κ3) is 6.24. The van der Waals surface area contributed by atoms with Crippen LogP contribution in [0.5, 0.6) is 5.75 Å². The first-order valence-corrected chi connectivity index (χ1v) is 8.20. The number of hydrazone groups is 1. The molecule has 0 heterocycles. The molecular weight excluding hydrogens is 330 g/mol. The van der Waals surface area contributed by atoms with Crippen LogP contribution >= 0.6 is 0 Å². The number of benzene rings is 2. The molecule has 134 valence electrons. The molecule has 6 nitrogen and oxygen atoms in total. The molecular formula is C20H21N3O3. The van der Waals surface area contributed by atoms with Crippen molar-refractivity contribution in [2.24, 2.45) is 5.10 Å². The molecule has 0 aliphatic heterocycles. The monoisotopic (exact) mass is 351 g/mol. The van der Waals surface area contributed by atoms with Crippen LogP contribution in [-0.4, -0.2) is 24.1 Å². The number of ether oxygens (including phenoxy) is 1. The molecule has 0 fully saturated rings. The summed E-state index contributed by atoms with van der Waals surface area (Å²) in [5.74, 6) is -0.940. The van der Waals surface area contributed by atoms with Crippen molar-refractivity contribution in [1.82, 2.24) is 5.43 Å². The Kier molecular flexibility index (Phi) is 7.12. The normalized spacial score (nSPS) is 11.2. The number of amides is 2. The summed E-state index contributed by atoms with van der Waals surface area (Å²) in [5.41, 5.74) is 4.31. The van der Waals surface area contributed by atoms with Gasteiger partial charge in [0.25, 0.3) is 0 Å². The zero-order valence-corrected chi connectivity index (χ0v) is 14.7. The van der Waals surface area contributed by atoms with Crippen molar-refractivity contribution in [2.45, 2.75) is 13.8 Å². The summed E-state index contributed by atoms with van der Waals surface area (Å²) >= 11 is 0. The van der Waals surface area contributed by atoms with Gasteiger partial charge in [-0.25, -0.2) is 5.43 Å². The number of hydrogen-bond donors (Lipinski definition) is 2. The molecule has 0 saturated heterocycles. The lowest BCUT2D eigenvalue weighted by atomic mass is 10.2. The first-order valence-electron chi connectivity index (χ1n) is 8.20. The molecule has 2 rings (SSSR count). The van der Waals surface area contributed by atoms with Crippen LogP contribution in [0.1, 0.15) is 19.4 Å². The van der Waals surface area contributed by atoms with Gasteiger partial charge in [0.1, 0.15) is 5.75 Å². The van der Waals surface area contributed by atoms with E-state index in [1.54, 1.807) is 37.3 Å². The third-order valence-corrected chi connectivity index (χ3v) is 3.28. The Morgan fingerprint density at radius 3 is 2.38 bits per heavy atom. The van der Waals surface area contributed by atoms with Crippen LogP contribution in [0.2, 0.25) is 0 Å². The lowest BCUT2D eigenvalue weighted by molar-refractivity contribution is -0.136. The number of hydrogen-bond acceptors (Lipinski definition) is 4. The van der Waals surface area contributed by atoms with E-state index >= 15 is 0 Å². The van der Waals surface area contributed by atoms with E-state index in [0.717, 1.165) is 5.56 Å². The predicted molar refractivity (Wildman–Crippen MR) is 103 cm³/mol. The second-order valence-corrected chi connectivity index (χ2v) is 5.35. The molecule has 0 aliphatic carbocycles. The molecule has 0 bridgehead atoms. The van der Waals surface area contributed by atoms with Crippen LogP contribution in [0.25, 0.3) is 6.08 Å². The summed E-state index contributed by atoms with van der Waals surface area (Å²) in [5, 5.41) is 6.39. The SMILES string of the molecule is CCOc1ccc(NC(=O)C(=O)NN=C(C)C=Cc2ccccc2)cc1. The minimum absolute atomic E-state index is 0.498. The fourth-order valence-corrected chi connectivity index (χ4v) is 2.00. The van der Waals surface area contributed by atoms with Crippen LogP contribution < -0.4 is 15.5 Å². The van der Waals surface area contributed by atoms with Crippen LogP contribution in [0.3, 0.4) is 0 Å². The van der Waals surface area contributed by atoms with Gasteiger partial charge in [-0.1, -0.05) is 36.4 Å². The summed E-state index contributed by atoms with van der Waals surface area (Å²) in [6.07, 6.45) is 3.62. The predicted octanol–water partition coefficient (Wildman–Crippen LogP) is 3.23.